The first kappa shape index (κ1) is 10.7. The summed E-state index contributed by atoms with van der Waals surface area (Å²) in [6, 6.07) is 0. The maximum atomic E-state index is 11.6. The van der Waals surface area contributed by atoms with Gasteiger partial charge in [0.05, 0.1) is 0 Å². The smallest absolute Gasteiger partial charge is 0.135 e. The molecule has 13 heavy (non-hydrogen) atoms. The van der Waals surface area contributed by atoms with Gasteiger partial charge in [0.25, 0.3) is 0 Å². The zero-order valence-electron chi connectivity index (χ0n) is 9.01. The number of hydrogen-bond acceptors (Lipinski definition) is 1. The quantitative estimate of drug-likeness (QED) is 0.649. The van der Waals surface area contributed by atoms with Crippen molar-refractivity contribution in [2.45, 2.75) is 58.8 Å². The van der Waals surface area contributed by atoms with Gasteiger partial charge in [-0.3, -0.25) is 4.79 Å². The van der Waals surface area contributed by atoms with E-state index in [9.17, 15) is 4.79 Å². The number of carbonyl (C=O) groups excluding carboxylic acids is 1. The first-order valence-electron chi connectivity index (χ1n) is 5.80. The normalized spacial score (nSPS) is 28.8. The average Bonchev–Trinajstić information content (AvgIpc) is 2.18. The predicted molar refractivity (Wildman–Crippen MR) is 55.7 cm³/mol. The van der Waals surface area contributed by atoms with Crippen LogP contribution in [0.1, 0.15) is 58.8 Å². The SMILES string of the molecule is CCCC(=O)C1CCC(CC)CC1. The summed E-state index contributed by atoms with van der Waals surface area (Å²) in [5.41, 5.74) is 0. The molecule has 0 aromatic heterocycles. The lowest BCUT2D eigenvalue weighted by molar-refractivity contribution is -0.124. The van der Waals surface area contributed by atoms with Crippen molar-refractivity contribution in [3.8, 4) is 0 Å². The number of ketones is 1. The van der Waals surface area contributed by atoms with Gasteiger partial charge in [-0.1, -0.05) is 20.3 Å². The summed E-state index contributed by atoms with van der Waals surface area (Å²) in [4.78, 5) is 11.6. The van der Waals surface area contributed by atoms with Crippen molar-refractivity contribution in [2.24, 2.45) is 11.8 Å². The van der Waals surface area contributed by atoms with E-state index in [1.165, 1.54) is 19.3 Å². The first-order valence-corrected chi connectivity index (χ1v) is 5.80. The summed E-state index contributed by atoms with van der Waals surface area (Å²) >= 11 is 0. The number of rotatable bonds is 4. The average molecular weight is 182 g/mol. The van der Waals surface area contributed by atoms with E-state index in [-0.39, 0.29) is 0 Å². The van der Waals surface area contributed by atoms with Crippen LogP contribution in [0.3, 0.4) is 0 Å². The molecule has 1 fully saturated rings. The molecule has 0 atom stereocenters. The van der Waals surface area contributed by atoms with Crippen molar-refractivity contribution in [1.29, 1.82) is 0 Å². The zero-order chi connectivity index (χ0) is 9.68. The van der Waals surface area contributed by atoms with E-state index >= 15 is 0 Å². The molecule has 0 aromatic carbocycles. The molecule has 1 saturated carbocycles. The highest BCUT2D eigenvalue weighted by atomic mass is 16.1. The molecule has 76 valence electrons. The molecule has 0 saturated heterocycles. The largest absolute Gasteiger partial charge is 0.299 e. The van der Waals surface area contributed by atoms with E-state index in [4.69, 9.17) is 0 Å². The highest BCUT2D eigenvalue weighted by Crippen LogP contribution is 2.31. The molecule has 0 bridgehead atoms. The van der Waals surface area contributed by atoms with Crippen molar-refractivity contribution >= 4 is 5.78 Å². The molecule has 1 aliphatic carbocycles. The van der Waals surface area contributed by atoms with Crippen LogP contribution >= 0.6 is 0 Å². The van der Waals surface area contributed by atoms with E-state index < -0.39 is 0 Å². The highest BCUT2D eigenvalue weighted by molar-refractivity contribution is 5.80. The van der Waals surface area contributed by atoms with Crippen LogP contribution < -0.4 is 0 Å². The maximum Gasteiger partial charge on any atom is 0.135 e. The Balaban J connectivity index is 2.28. The topological polar surface area (TPSA) is 17.1 Å². The van der Waals surface area contributed by atoms with Crippen LogP contribution in [0.15, 0.2) is 0 Å². The Kier molecular flexibility index (Phi) is 4.47. The molecule has 0 aromatic rings. The Morgan fingerprint density at radius 3 is 2.23 bits per heavy atom. The Labute approximate surface area is 81.9 Å². The monoisotopic (exact) mass is 182 g/mol. The number of hydrogen-bond donors (Lipinski definition) is 0. The molecule has 0 aliphatic heterocycles. The third kappa shape index (κ3) is 3.13. The number of carbonyl (C=O) groups is 1. The molecule has 0 heterocycles. The Hall–Kier alpha value is -0.330. The molecule has 0 amide bonds. The summed E-state index contributed by atoms with van der Waals surface area (Å²) < 4.78 is 0. The second kappa shape index (κ2) is 5.41. The van der Waals surface area contributed by atoms with Gasteiger partial charge in [-0.2, -0.15) is 0 Å². The van der Waals surface area contributed by atoms with Crippen LogP contribution in [-0.4, -0.2) is 5.78 Å². The minimum Gasteiger partial charge on any atom is -0.299 e. The Bertz CT molecular complexity index is 155. The van der Waals surface area contributed by atoms with E-state index in [1.54, 1.807) is 0 Å². The lowest BCUT2D eigenvalue weighted by atomic mass is 9.78. The lowest BCUT2D eigenvalue weighted by Crippen LogP contribution is -2.21. The third-order valence-corrected chi connectivity index (χ3v) is 3.38. The fraction of sp³-hybridized carbons (Fsp3) is 0.917. The zero-order valence-corrected chi connectivity index (χ0v) is 9.01. The minimum absolute atomic E-state index is 0.419. The van der Waals surface area contributed by atoms with Crippen molar-refractivity contribution < 1.29 is 4.79 Å². The van der Waals surface area contributed by atoms with Crippen LogP contribution in [0.25, 0.3) is 0 Å². The molecular weight excluding hydrogens is 160 g/mol. The van der Waals surface area contributed by atoms with Crippen LogP contribution in [0, 0.1) is 11.8 Å². The van der Waals surface area contributed by atoms with Gasteiger partial charge in [-0.25, -0.2) is 0 Å². The molecule has 0 spiro atoms. The van der Waals surface area contributed by atoms with Crippen molar-refractivity contribution in [1.82, 2.24) is 0 Å². The van der Waals surface area contributed by atoms with Gasteiger partial charge in [0.2, 0.25) is 0 Å². The van der Waals surface area contributed by atoms with Crippen molar-refractivity contribution in [3.05, 3.63) is 0 Å². The van der Waals surface area contributed by atoms with Crippen LogP contribution in [0.5, 0.6) is 0 Å². The molecule has 0 radical (unpaired) electrons. The second-order valence-electron chi connectivity index (χ2n) is 4.34. The molecule has 1 aliphatic rings. The molecular formula is C12H22O. The fourth-order valence-electron chi connectivity index (χ4n) is 2.34. The molecule has 0 N–H and O–H groups in total. The Morgan fingerprint density at radius 2 is 1.77 bits per heavy atom. The third-order valence-electron chi connectivity index (χ3n) is 3.38. The van der Waals surface area contributed by atoms with Gasteiger partial charge >= 0.3 is 0 Å². The standard InChI is InChI=1S/C12H22O/c1-3-5-12(13)11-8-6-10(4-2)7-9-11/h10-11H,3-9H2,1-2H3. The molecule has 0 unspecified atom stereocenters. The van der Waals surface area contributed by atoms with Crippen LogP contribution in [-0.2, 0) is 4.79 Å². The van der Waals surface area contributed by atoms with E-state index in [2.05, 4.69) is 13.8 Å². The summed E-state index contributed by atoms with van der Waals surface area (Å²) in [5.74, 6) is 1.85. The first-order chi connectivity index (χ1) is 6.27. The van der Waals surface area contributed by atoms with Gasteiger partial charge in [0, 0.05) is 12.3 Å². The summed E-state index contributed by atoms with van der Waals surface area (Å²) in [6.45, 7) is 4.36. The van der Waals surface area contributed by atoms with Gasteiger partial charge in [0.15, 0.2) is 0 Å². The van der Waals surface area contributed by atoms with E-state index in [1.807, 2.05) is 0 Å². The number of Topliss-reactive ketones (excluding diaryl/α,β-unsaturated/α-hetero) is 1. The van der Waals surface area contributed by atoms with Crippen LogP contribution in [0.2, 0.25) is 0 Å². The van der Waals surface area contributed by atoms with Gasteiger partial charge in [0.1, 0.15) is 5.78 Å². The highest BCUT2D eigenvalue weighted by Gasteiger charge is 2.24. The van der Waals surface area contributed by atoms with Crippen molar-refractivity contribution in [2.75, 3.05) is 0 Å². The molecule has 1 rings (SSSR count). The Morgan fingerprint density at radius 1 is 1.15 bits per heavy atom. The maximum absolute atomic E-state index is 11.6. The lowest BCUT2D eigenvalue weighted by Gasteiger charge is -2.26. The van der Waals surface area contributed by atoms with E-state index in [0.717, 1.165) is 31.6 Å². The minimum atomic E-state index is 0.419. The van der Waals surface area contributed by atoms with Crippen LogP contribution in [0.4, 0.5) is 0 Å². The van der Waals surface area contributed by atoms with Gasteiger partial charge in [-0.05, 0) is 38.0 Å². The van der Waals surface area contributed by atoms with Crippen molar-refractivity contribution in [3.63, 3.8) is 0 Å². The van der Waals surface area contributed by atoms with Gasteiger partial charge in [-0.15, -0.1) is 0 Å². The predicted octanol–water partition coefficient (Wildman–Crippen LogP) is 3.57. The molecule has 1 heteroatoms. The van der Waals surface area contributed by atoms with Gasteiger partial charge < -0.3 is 0 Å². The van der Waals surface area contributed by atoms with E-state index in [0.29, 0.717) is 11.7 Å². The molecule has 1 nitrogen and oxygen atoms in total. The summed E-state index contributed by atoms with van der Waals surface area (Å²) in [6.07, 6.45) is 8.03. The second-order valence-corrected chi connectivity index (χ2v) is 4.34. The summed E-state index contributed by atoms with van der Waals surface area (Å²) in [7, 11) is 0. The summed E-state index contributed by atoms with van der Waals surface area (Å²) in [5, 5.41) is 0. The fourth-order valence-corrected chi connectivity index (χ4v) is 2.34.